The third-order valence-electron chi connectivity index (χ3n) is 4.44. The van der Waals surface area contributed by atoms with Crippen molar-refractivity contribution in [2.75, 3.05) is 4.90 Å². The van der Waals surface area contributed by atoms with Gasteiger partial charge < -0.3 is 0 Å². The van der Waals surface area contributed by atoms with E-state index < -0.39 is 0 Å². The Morgan fingerprint density at radius 3 is 2.50 bits per heavy atom. The van der Waals surface area contributed by atoms with Gasteiger partial charge in [0.15, 0.2) is 0 Å². The molecule has 0 N–H and O–H groups in total. The Morgan fingerprint density at radius 2 is 1.80 bits per heavy atom. The maximum Gasteiger partial charge on any atom is 0.237 e. The highest BCUT2D eigenvalue weighted by Gasteiger charge is 2.48. The molecule has 1 saturated carbocycles. The van der Waals surface area contributed by atoms with Crippen molar-refractivity contribution in [1.29, 1.82) is 0 Å². The van der Waals surface area contributed by atoms with Crippen molar-refractivity contribution in [3.8, 4) is 0 Å². The zero-order valence-corrected chi connectivity index (χ0v) is 11.7. The Bertz CT molecular complexity index is 685. The quantitative estimate of drug-likeness (QED) is 0.757. The van der Waals surface area contributed by atoms with E-state index in [1.807, 2.05) is 18.2 Å². The number of amides is 2. The summed E-state index contributed by atoms with van der Waals surface area (Å²) in [5.74, 6) is -0.204. The molecule has 0 bridgehead atoms. The predicted molar refractivity (Wildman–Crippen MR) is 77.6 cm³/mol. The van der Waals surface area contributed by atoms with Crippen LogP contribution in [0, 0.1) is 11.8 Å². The van der Waals surface area contributed by atoms with E-state index in [-0.39, 0.29) is 23.7 Å². The number of carbonyl (C=O) groups is 2. The van der Waals surface area contributed by atoms with Crippen LogP contribution in [0.25, 0.3) is 10.1 Å². The standard InChI is InChI=1S/C15H14N2O2S/c18-14-11-3-1-2-4-12(11)15(19)17(14)10-5-6-13-9(7-10)8-16-20-13/h5-8,11-12H,1-4H2. The first-order chi connectivity index (χ1) is 9.75. The molecule has 1 aliphatic heterocycles. The molecule has 2 unspecified atom stereocenters. The monoisotopic (exact) mass is 286 g/mol. The summed E-state index contributed by atoms with van der Waals surface area (Å²) in [5.41, 5.74) is 0.696. The molecular formula is C15H14N2O2S. The van der Waals surface area contributed by atoms with Gasteiger partial charge in [0.2, 0.25) is 11.8 Å². The maximum atomic E-state index is 12.5. The number of imide groups is 1. The molecule has 0 radical (unpaired) electrons. The third-order valence-corrected chi connectivity index (χ3v) is 5.21. The first-order valence-electron chi connectivity index (χ1n) is 6.98. The van der Waals surface area contributed by atoms with E-state index in [2.05, 4.69) is 4.37 Å². The highest BCUT2D eigenvalue weighted by Crippen LogP contribution is 2.40. The first-order valence-corrected chi connectivity index (χ1v) is 7.75. The summed E-state index contributed by atoms with van der Waals surface area (Å²) >= 11 is 1.42. The van der Waals surface area contributed by atoms with Gasteiger partial charge in [-0.15, -0.1) is 0 Å². The molecule has 2 aromatic rings. The topological polar surface area (TPSA) is 50.3 Å². The Kier molecular flexibility index (Phi) is 2.63. The zero-order valence-electron chi connectivity index (χ0n) is 10.9. The fourth-order valence-electron chi connectivity index (χ4n) is 3.42. The molecule has 4 rings (SSSR count). The summed E-state index contributed by atoms with van der Waals surface area (Å²) in [6.07, 6.45) is 5.60. The lowest BCUT2D eigenvalue weighted by Gasteiger charge is -2.19. The van der Waals surface area contributed by atoms with Gasteiger partial charge in [0.05, 0.1) is 22.2 Å². The van der Waals surface area contributed by atoms with Crippen LogP contribution in [0.3, 0.4) is 0 Å². The summed E-state index contributed by atoms with van der Waals surface area (Å²) in [6, 6.07) is 5.68. The summed E-state index contributed by atoms with van der Waals surface area (Å²) < 4.78 is 5.21. The minimum absolute atomic E-state index is 0.0118. The molecule has 2 fully saturated rings. The smallest absolute Gasteiger partial charge is 0.237 e. The predicted octanol–water partition coefficient (Wildman–Crippen LogP) is 2.98. The van der Waals surface area contributed by atoms with Crippen LogP contribution in [-0.4, -0.2) is 16.2 Å². The highest BCUT2D eigenvalue weighted by atomic mass is 32.1. The second kappa shape index (κ2) is 4.38. The van der Waals surface area contributed by atoms with E-state index in [1.165, 1.54) is 16.4 Å². The fourth-order valence-corrected chi connectivity index (χ4v) is 4.04. The number of rotatable bonds is 1. The molecule has 4 nitrogen and oxygen atoms in total. The van der Waals surface area contributed by atoms with E-state index in [9.17, 15) is 9.59 Å². The molecule has 2 atom stereocenters. The highest BCUT2D eigenvalue weighted by molar-refractivity contribution is 7.13. The number of fused-ring (bicyclic) bond motifs is 2. The van der Waals surface area contributed by atoms with Gasteiger partial charge in [0.25, 0.3) is 0 Å². The van der Waals surface area contributed by atoms with Gasteiger partial charge in [0, 0.05) is 11.6 Å². The Hall–Kier alpha value is -1.75. The maximum absolute atomic E-state index is 12.5. The van der Waals surface area contributed by atoms with Crippen molar-refractivity contribution < 1.29 is 9.59 Å². The first kappa shape index (κ1) is 12.0. The van der Waals surface area contributed by atoms with Crippen LogP contribution in [0.1, 0.15) is 25.7 Å². The largest absolute Gasteiger partial charge is 0.274 e. The lowest BCUT2D eigenvalue weighted by Crippen LogP contribution is -2.30. The van der Waals surface area contributed by atoms with Gasteiger partial charge in [-0.1, -0.05) is 12.8 Å². The number of aromatic nitrogens is 1. The van der Waals surface area contributed by atoms with E-state index in [0.717, 1.165) is 35.8 Å². The van der Waals surface area contributed by atoms with Crippen LogP contribution in [0.4, 0.5) is 5.69 Å². The van der Waals surface area contributed by atoms with Crippen LogP contribution in [0.2, 0.25) is 0 Å². The fraction of sp³-hybridized carbons (Fsp3) is 0.400. The van der Waals surface area contributed by atoms with Crippen LogP contribution in [0.5, 0.6) is 0 Å². The molecule has 1 aliphatic carbocycles. The molecule has 20 heavy (non-hydrogen) atoms. The Morgan fingerprint density at radius 1 is 1.10 bits per heavy atom. The number of anilines is 1. The molecule has 102 valence electrons. The minimum Gasteiger partial charge on any atom is -0.274 e. The van der Waals surface area contributed by atoms with Gasteiger partial charge >= 0.3 is 0 Å². The van der Waals surface area contributed by atoms with E-state index in [4.69, 9.17) is 0 Å². The molecule has 1 aromatic heterocycles. The number of hydrogen-bond donors (Lipinski definition) is 0. The normalized spacial score (nSPS) is 26.3. The average Bonchev–Trinajstić information content (AvgIpc) is 3.03. The molecular weight excluding hydrogens is 272 g/mol. The van der Waals surface area contributed by atoms with Crippen molar-refractivity contribution in [3.63, 3.8) is 0 Å². The number of benzene rings is 1. The van der Waals surface area contributed by atoms with Crippen molar-refractivity contribution in [3.05, 3.63) is 24.4 Å². The molecule has 2 heterocycles. The SMILES string of the molecule is O=C1C2CCCCC2C(=O)N1c1ccc2sncc2c1. The summed E-state index contributed by atoms with van der Waals surface area (Å²) in [4.78, 5) is 26.4. The third kappa shape index (κ3) is 1.62. The van der Waals surface area contributed by atoms with Crippen LogP contribution < -0.4 is 4.90 Å². The van der Waals surface area contributed by atoms with Crippen molar-refractivity contribution >= 4 is 39.1 Å². The van der Waals surface area contributed by atoms with Crippen LogP contribution in [-0.2, 0) is 9.59 Å². The second-order valence-electron chi connectivity index (χ2n) is 5.56. The van der Waals surface area contributed by atoms with Gasteiger partial charge in [-0.2, -0.15) is 4.37 Å². The minimum atomic E-state index is -0.0902. The van der Waals surface area contributed by atoms with Gasteiger partial charge in [-0.05, 0) is 42.6 Å². The molecule has 2 aliphatic rings. The van der Waals surface area contributed by atoms with Crippen molar-refractivity contribution in [2.24, 2.45) is 11.8 Å². The van der Waals surface area contributed by atoms with E-state index >= 15 is 0 Å². The number of carbonyl (C=O) groups excluding carboxylic acids is 2. The summed E-state index contributed by atoms with van der Waals surface area (Å²) in [7, 11) is 0. The lowest BCUT2D eigenvalue weighted by atomic mass is 9.81. The average molecular weight is 286 g/mol. The van der Waals surface area contributed by atoms with Crippen LogP contribution >= 0.6 is 11.5 Å². The van der Waals surface area contributed by atoms with E-state index in [0.29, 0.717) is 5.69 Å². The van der Waals surface area contributed by atoms with Crippen molar-refractivity contribution in [1.82, 2.24) is 4.37 Å². The molecule has 1 saturated heterocycles. The Balaban J connectivity index is 1.76. The number of nitrogens with zero attached hydrogens (tertiary/aromatic N) is 2. The van der Waals surface area contributed by atoms with E-state index in [1.54, 1.807) is 6.20 Å². The second-order valence-corrected chi connectivity index (χ2v) is 6.39. The molecule has 0 spiro atoms. The van der Waals surface area contributed by atoms with Gasteiger partial charge in [-0.25, -0.2) is 0 Å². The van der Waals surface area contributed by atoms with Gasteiger partial charge in [0.1, 0.15) is 0 Å². The molecule has 5 heteroatoms. The van der Waals surface area contributed by atoms with Crippen LogP contribution in [0.15, 0.2) is 24.4 Å². The zero-order chi connectivity index (χ0) is 13.7. The summed E-state index contributed by atoms with van der Waals surface area (Å²) in [6.45, 7) is 0. The molecule has 1 aromatic carbocycles. The molecule has 2 amide bonds. The van der Waals surface area contributed by atoms with Gasteiger partial charge in [-0.3, -0.25) is 14.5 Å². The number of hydrogen-bond acceptors (Lipinski definition) is 4. The summed E-state index contributed by atoms with van der Waals surface area (Å²) in [5, 5.41) is 0.989. The lowest BCUT2D eigenvalue weighted by molar-refractivity contribution is -0.122. The van der Waals surface area contributed by atoms with Crippen molar-refractivity contribution in [2.45, 2.75) is 25.7 Å². The Labute approximate surface area is 120 Å².